The maximum Gasteiger partial charge on any atom is 0.495 e. The van der Waals surface area contributed by atoms with E-state index in [1.54, 1.807) is 0 Å². The first kappa shape index (κ1) is 17.8. The Morgan fingerprint density at radius 3 is 2.38 bits per heavy atom. The largest absolute Gasteiger partial charge is 0.495 e. The number of nitrogens with zero attached hydrogens (tertiary/aromatic N) is 1. The molecule has 1 saturated heterocycles. The summed E-state index contributed by atoms with van der Waals surface area (Å²) in [7, 11) is -0.341. The molecular formula is C21H23BBrNO2. The standard InChI is InChI=1S/C21H23BBrNO2/c1-20(2)21(3,4)26-22(25-20)18-8-6-5-7-16(18)14-24-12-11-15-13-17(23)9-10-19(15)24/h5-13H,14H2,1-4H3. The van der Waals surface area contributed by atoms with Gasteiger partial charge in [-0.15, -0.1) is 0 Å². The van der Waals surface area contributed by atoms with E-state index in [-0.39, 0.29) is 18.3 Å². The van der Waals surface area contributed by atoms with Crippen LogP contribution in [0.3, 0.4) is 0 Å². The second-order valence-corrected chi connectivity index (χ2v) is 8.85. The summed E-state index contributed by atoms with van der Waals surface area (Å²) >= 11 is 3.54. The van der Waals surface area contributed by atoms with Crippen LogP contribution in [0.15, 0.2) is 59.2 Å². The van der Waals surface area contributed by atoms with Crippen LogP contribution >= 0.6 is 15.9 Å². The Kier molecular flexibility index (Phi) is 4.29. The molecule has 2 aromatic carbocycles. The molecule has 3 aromatic rings. The quantitative estimate of drug-likeness (QED) is 0.580. The molecule has 134 valence electrons. The van der Waals surface area contributed by atoms with E-state index in [0.29, 0.717) is 0 Å². The van der Waals surface area contributed by atoms with Gasteiger partial charge in [0.15, 0.2) is 0 Å². The van der Waals surface area contributed by atoms with Crippen LogP contribution in [-0.4, -0.2) is 22.9 Å². The summed E-state index contributed by atoms with van der Waals surface area (Å²) in [6.45, 7) is 9.14. The first-order valence-corrected chi connectivity index (χ1v) is 9.74. The highest BCUT2D eigenvalue weighted by molar-refractivity contribution is 9.10. The lowest BCUT2D eigenvalue weighted by molar-refractivity contribution is 0.00578. The van der Waals surface area contributed by atoms with Crippen molar-refractivity contribution in [2.24, 2.45) is 0 Å². The van der Waals surface area contributed by atoms with Crippen LogP contribution < -0.4 is 5.46 Å². The Balaban J connectivity index is 1.68. The third kappa shape index (κ3) is 3.02. The molecule has 2 heterocycles. The van der Waals surface area contributed by atoms with E-state index in [9.17, 15) is 0 Å². The molecule has 0 saturated carbocycles. The number of hydrogen-bond donors (Lipinski definition) is 0. The average Bonchev–Trinajstić information content (AvgIpc) is 3.05. The molecule has 5 heteroatoms. The van der Waals surface area contributed by atoms with Gasteiger partial charge in [0.2, 0.25) is 0 Å². The maximum atomic E-state index is 6.28. The van der Waals surface area contributed by atoms with Gasteiger partial charge >= 0.3 is 7.12 Å². The molecule has 26 heavy (non-hydrogen) atoms. The summed E-state index contributed by atoms with van der Waals surface area (Å²) in [4.78, 5) is 0. The predicted octanol–water partition coefficient (Wildman–Crippen LogP) is 4.75. The Hall–Kier alpha value is -1.56. The maximum absolute atomic E-state index is 6.28. The first-order valence-electron chi connectivity index (χ1n) is 8.95. The van der Waals surface area contributed by atoms with Crippen molar-refractivity contribution in [3.8, 4) is 0 Å². The molecule has 0 unspecified atom stereocenters. The van der Waals surface area contributed by atoms with Gasteiger partial charge in [-0.2, -0.15) is 0 Å². The van der Waals surface area contributed by atoms with Gasteiger partial charge in [0.1, 0.15) is 0 Å². The highest BCUT2D eigenvalue weighted by Gasteiger charge is 2.52. The van der Waals surface area contributed by atoms with Gasteiger partial charge in [-0.3, -0.25) is 0 Å². The Labute approximate surface area is 163 Å². The summed E-state index contributed by atoms with van der Waals surface area (Å²) in [5, 5.41) is 1.23. The molecule has 0 bridgehead atoms. The van der Waals surface area contributed by atoms with E-state index >= 15 is 0 Å². The van der Waals surface area contributed by atoms with E-state index in [1.807, 2.05) is 0 Å². The van der Waals surface area contributed by atoms with Crippen molar-refractivity contribution >= 4 is 39.4 Å². The molecule has 1 fully saturated rings. The van der Waals surface area contributed by atoms with Crippen molar-refractivity contribution in [2.75, 3.05) is 0 Å². The molecule has 4 rings (SSSR count). The molecule has 1 aromatic heterocycles. The van der Waals surface area contributed by atoms with E-state index in [1.165, 1.54) is 16.5 Å². The highest BCUT2D eigenvalue weighted by Crippen LogP contribution is 2.36. The van der Waals surface area contributed by atoms with Gasteiger partial charge in [0.25, 0.3) is 0 Å². The first-order chi connectivity index (χ1) is 12.3. The lowest BCUT2D eigenvalue weighted by atomic mass is 9.76. The normalized spacial score (nSPS) is 18.6. The number of aromatic nitrogens is 1. The minimum atomic E-state index is -0.341. The molecule has 0 N–H and O–H groups in total. The van der Waals surface area contributed by atoms with E-state index in [2.05, 4.69) is 103 Å². The van der Waals surface area contributed by atoms with Crippen LogP contribution in [0, 0.1) is 0 Å². The fraction of sp³-hybridized carbons (Fsp3) is 0.333. The van der Waals surface area contributed by atoms with Gasteiger partial charge in [-0.05, 0) is 63.0 Å². The molecule has 3 nitrogen and oxygen atoms in total. The molecule has 1 aliphatic rings. The SMILES string of the molecule is CC1(C)OB(c2ccccc2Cn2ccc3cc(Br)ccc32)OC1(C)C. The number of rotatable bonds is 3. The monoisotopic (exact) mass is 411 g/mol. The lowest BCUT2D eigenvalue weighted by Crippen LogP contribution is -2.41. The Morgan fingerprint density at radius 1 is 0.962 bits per heavy atom. The van der Waals surface area contributed by atoms with Gasteiger partial charge in [0, 0.05) is 28.1 Å². The molecule has 0 amide bonds. The summed E-state index contributed by atoms with van der Waals surface area (Å²) < 4.78 is 15.9. The highest BCUT2D eigenvalue weighted by atomic mass is 79.9. The van der Waals surface area contributed by atoms with Gasteiger partial charge in [0.05, 0.1) is 11.2 Å². The van der Waals surface area contributed by atoms with Crippen molar-refractivity contribution in [3.05, 3.63) is 64.8 Å². The zero-order valence-electron chi connectivity index (χ0n) is 15.6. The van der Waals surface area contributed by atoms with Gasteiger partial charge < -0.3 is 13.9 Å². The average molecular weight is 412 g/mol. The van der Waals surface area contributed by atoms with Crippen LogP contribution in [0.2, 0.25) is 0 Å². The number of fused-ring (bicyclic) bond motifs is 1. The zero-order chi connectivity index (χ0) is 18.5. The summed E-state index contributed by atoms with van der Waals surface area (Å²) in [5.74, 6) is 0. The van der Waals surface area contributed by atoms with Crippen LogP contribution in [0.25, 0.3) is 10.9 Å². The molecular weight excluding hydrogens is 389 g/mol. The van der Waals surface area contributed by atoms with Crippen molar-refractivity contribution in [2.45, 2.75) is 45.4 Å². The van der Waals surface area contributed by atoms with Crippen LogP contribution in [-0.2, 0) is 15.9 Å². The smallest absolute Gasteiger partial charge is 0.399 e. The molecule has 0 spiro atoms. The number of benzene rings is 2. The van der Waals surface area contributed by atoms with E-state index in [0.717, 1.165) is 16.5 Å². The second kappa shape index (κ2) is 6.26. The van der Waals surface area contributed by atoms with Crippen LogP contribution in [0.5, 0.6) is 0 Å². The molecule has 0 radical (unpaired) electrons. The molecule has 0 atom stereocenters. The minimum absolute atomic E-state index is 0.336. The number of halogens is 1. The lowest BCUT2D eigenvalue weighted by Gasteiger charge is -2.32. The summed E-state index contributed by atoms with van der Waals surface area (Å²) in [6, 6.07) is 16.9. The molecule has 0 aliphatic carbocycles. The zero-order valence-corrected chi connectivity index (χ0v) is 17.2. The van der Waals surface area contributed by atoms with Crippen LogP contribution in [0.1, 0.15) is 33.3 Å². The summed E-state index contributed by atoms with van der Waals surface area (Å²) in [6.07, 6.45) is 2.14. The van der Waals surface area contributed by atoms with Crippen molar-refractivity contribution in [1.29, 1.82) is 0 Å². The fourth-order valence-corrected chi connectivity index (χ4v) is 3.75. The Morgan fingerprint density at radius 2 is 1.65 bits per heavy atom. The second-order valence-electron chi connectivity index (χ2n) is 7.93. The Bertz CT molecular complexity index is 948. The van der Waals surface area contributed by atoms with Crippen LogP contribution in [0.4, 0.5) is 0 Å². The minimum Gasteiger partial charge on any atom is -0.399 e. The van der Waals surface area contributed by atoms with Gasteiger partial charge in [-0.25, -0.2) is 0 Å². The topological polar surface area (TPSA) is 23.4 Å². The summed E-state index contributed by atoms with van der Waals surface area (Å²) in [5.41, 5.74) is 2.86. The fourth-order valence-electron chi connectivity index (χ4n) is 3.37. The van der Waals surface area contributed by atoms with E-state index < -0.39 is 0 Å². The number of hydrogen-bond acceptors (Lipinski definition) is 2. The van der Waals surface area contributed by atoms with Crippen molar-refractivity contribution in [1.82, 2.24) is 4.57 Å². The third-order valence-electron chi connectivity index (χ3n) is 5.64. The van der Waals surface area contributed by atoms with Crippen molar-refractivity contribution in [3.63, 3.8) is 0 Å². The van der Waals surface area contributed by atoms with Crippen molar-refractivity contribution < 1.29 is 9.31 Å². The van der Waals surface area contributed by atoms with Gasteiger partial charge in [-0.1, -0.05) is 40.2 Å². The predicted molar refractivity (Wildman–Crippen MR) is 111 cm³/mol. The third-order valence-corrected chi connectivity index (χ3v) is 6.13. The van der Waals surface area contributed by atoms with E-state index in [4.69, 9.17) is 9.31 Å². The molecule has 1 aliphatic heterocycles.